The molecular weight excluding hydrogens is 267 g/mol. The second-order valence-corrected chi connectivity index (χ2v) is 3.70. The van der Waals surface area contributed by atoms with E-state index in [1.807, 2.05) is 19.9 Å². The van der Waals surface area contributed by atoms with Crippen molar-refractivity contribution in [3.05, 3.63) is 12.2 Å². The van der Waals surface area contributed by atoms with E-state index in [1.165, 1.54) is 0 Å². The average Bonchev–Trinajstić information content (AvgIpc) is 2.15. The van der Waals surface area contributed by atoms with Gasteiger partial charge in [-0.15, -0.1) is 0 Å². The minimum atomic E-state index is -0.0526. The zero-order valence-corrected chi connectivity index (χ0v) is 12.9. The smallest absolute Gasteiger partial charge is 0.295 e. The number of hydrogen-bond acceptors (Lipinski definition) is 2. The van der Waals surface area contributed by atoms with E-state index in [9.17, 15) is 4.79 Å². The fourth-order valence-corrected chi connectivity index (χ4v) is 1.83. The SMILES string of the molecule is C.C.C.C/C=C/[C@@H](CCC)[C@@H](C)C(=O)O[SiH3].[V]. The van der Waals surface area contributed by atoms with Crippen molar-refractivity contribution in [3.63, 3.8) is 0 Å². The van der Waals surface area contributed by atoms with Crippen LogP contribution >= 0.6 is 0 Å². The van der Waals surface area contributed by atoms with Gasteiger partial charge in [0.25, 0.3) is 5.97 Å². The molecule has 0 saturated heterocycles. The maximum atomic E-state index is 11.3. The van der Waals surface area contributed by atoms with Crippen LogP contribution in [0, 0.1) is 11.8 Å². The molecule has 0 aliphatic heterocycles. The van der Waals surface area contributed by atoms with Crippen molar-refractivity contribution in [2.45, 2.75) is 55.9 Å². The van der Waals surface area contributed by atoms with Crippen molar-refractivity contribution < 1.29 is 27.8 Å². The molecule has 4 heteroatoms. The van der Waals surface area contributed by atoms with E-state index >= 15 is 0 Å². The predicted molar refractivity (Wildman–Crippen MR) is 78.6 cm³/mol. The Labute approximate surface area is 124 Å². The minimum Gasteiger partial charge on any atom is -0.529 e. The Morgan fingerprint density at radius 1 is 1.35 bits per heavy atom. The predicted octanol–water partition coefficient (Wildman–Crippen LogP) is 3.34. The van der Waals surface area contributed by atoms with Crippen molar-refractivity contribution in [2.75, 3.05) is 0 Å². The van der Waals surface area contributed by atoms with Crippen molar-refractivity contribution in [2.24, 2.45) is 11.8 Å². The quantitative estimate of drug-likeness (QED) is 0.575. The summed E-state index contributed by atoms with van der Waals surface area (Å²) in [5, 5.41) is 0. The van der Waals surface area contributed by atoms with Gasteiger partial charge in [-0.25, -0.2) is 0 Å². The first-order valence-corrected chi connectivity index (χ1v) is 5.69. The summed E-state index contributed by atoms with van der Waals surface area (Å²) in [4.78, 5) is 11.3. The summed E-state index contributed by atoms with van der Waals surface area (Å²) in [6.45, 7) is 6.07. The van der Waals surface area contributed by atoms with Gasteiger partial charge in [0.15, 0.2) is 0 Å². The second-order valence-electron chi connectivity index (χ2n) is 3.29. The molecule has 2 nitrogen and oxygen atoms in total. The zero-order valence-electron chi connectivity index (χ0n) is 9.49. The van der Waals surface area contributed by atoms with Gasteiger partial charge in [-0.1, -0.05) is 54.7 Å². The molecule has 0 aliphatic carbocycles. The van der Waals surface area contributed by atoms with Crippen LogP contribution in [0.25, 0.3) is 0 Å². The molecule has 0 aromatic heterocycles. The van der Waals surface area contributed by atoms with Crippen LogP contribution in [0.5, 0.6) is 0 Å². The first kappa shape index (κ1) is 30.2. The van der Waals surface area contributed by atoms with Crippen LogP contribution in [-0.4, -0.2) is 16.5 Å². The van der Waals surface area contributed by atoms with Crippen LogP contribution in [0.15, 0.2) is 12.2 Å². The van der Waals surface area contributed by atoms with E-state index in [0.717, 1.165) is 12.8 Å². The van der Waals surface area contributed by atoms with E-state index in [2.05, 4.69) is 13.0 Å². The first-order valence-electron chi connectivity index (χ1n) is 4.88. The van der Waals surface area contributed by atoms with E-state index in [4.69, 9.17) is 4.43 Å². The molecule has 0 aliphatic rings. The van der Waals surface area contributed by atoms with Crippen molar-refractivity contribution in [1.29, 1.82) is 0 Å². The van der Waals surface area contributed by atoms with Gasteiger partial charge in [0.1, 0.15) is 0 Å². The molecule has 0 spiro atoms. The van der Waals surface area contributed by atoms with Crippen LogP contribution in [0.1, 0.15) is 55.9 Å². The van der Waals surface area contributed by atoms with Gasteiger partial charge in [-0.2, -0.15) is 0 Å². The van der Waals surface area contributed by atoms with Crippen LogP contribution in [0.2, 0.25) is 0 Å². The van der Waals surface area contributed by atoms with Gasteiger partial charge in [-0.05, 0) is 19.3 Å². The Bertz CT molecular complexity index is 184. The third-order valence-electron chi connectivity index (χ3n) is 2.28. The van der Waals surface area contributed by atoms with Crippen molar-refractivity contribution in [1.82, 2.24) is 0 Å². The molecule has 0 rings (SSSR count). The summed E-state index contributed by atoms with van der Waals surface area (Å²) in [7, 11) is 0.501. The normalized spacial score (nSPS) is 12.2. The standard InChI is InChI=1S/C10H20O2Si.3CH4.V/c1-4-6-9(7-5-2)8(3)10(11)12-13;;;;/h4,6,8-9H,5,7H2,1-3,13H3;3*1H4;/b6-4+;;;;/t8-,9+;;;;/m1..../s1. The Morgan fingerprint density at radius 3 is 2.12 bits per heavy atom. The van der Waals surface area contributed by atoms with Crippen molar-refractivity contribution >= 4 is 16.5 Å². The Balaban J connectivity index is -0.000000120. The minimum absolute atomic E-state index is 0. The maximum absolute atomic E-state index is 11.3. The molecule has 2 atom stereocenters. The third-order valence-corrected chi connectivity index (χ3v) is 2.68. The van der Waals surface area contributed by atoms with E-state index in [1.54, 1.807) is 0 Å². The topological polar surface area (TPSA) is 26.3 Å². The number of allylic oxidation sites excluding steroid dienone is 2. The number of hydrogen-bond donors (Lipinski definition) is 0. The molecule has 0 amide bonds. The Hall–Kier alpha value is 0.0113. The van der Waals surface area contributed by atoms with Crippen molar-refractivity contribution in [3.8, 4) is 0 Å². The van der Waals surface area contributed by atoms with Gasteiger partial charge in [0.05, 0.1) is 5.92 Å². The largest absolute Gasteiger partial charge is 0.529 e. The molecule has 0 unspecified atom stereocenters. The molecule has 0 aromatic carbocycles. The number of carbonyl (C=O) groups excluding carboxylic acids is 1. The summed E-state index contributed by atoms with van der Waals surface area (Å²) in [6, 6.07) is 0. The average molecular weight is 299 g/mol. The maximum Gasteiger partial charge on any atom is 0.295 e. The van der Waals surface area contributed by atoms with Crippen LogP contribution in [0.4, 0.5) is 0 Å². The molecule has 105 valence electrons. The van der Waals surface area contributed by atoms with Gasteiger partial charge in [0, 0.05) is 18.6 Å². The summed E-state index contributed by atoms with van der Waals surface area (Å²) in [5.41, 5.74) is 0. The number of carbonyl (C=O) groups is 1. The molecule has 1 radical (unpaired) electrons. The molecule has 0 N–H and O–H groups in total. The van der Waals surface area contributed by atoms with Crippen LogP contribution in [0.3, 0.4) is 0 Å². The zero-order chi connectivity index (χ0) is 10.3. The fraction of sp³-hybridized carbons (Fsp3) is 0.769. The van der Waals surface area contributed by atoms with E-state index in [0.29, 0.717) is 16.4 Å². The summed E-state index contributed by atoms with van der Waals surface area (Å²) >= 11 is 0. The number of rotatable bonds is 5. The third kappa shape index (κ3) is 12.3. The second kappa shape index (κ2) is 18.4. The van der Waals surface area contributed by atoms with Gasteiger partial charge in [-0.3, -0.25) is 4.79 Å². The van der Waals surface area contributed by atoms with E-state index < -0.39 is 0 Å². The van der Waals surface area contributed by atoms with Crippen LogP contribution < -0.4 is 0 Å². The summed E-state index contributed by atoms with van der Waals surface area (Å²) < 4.78 is 4.85. The first-order chi connectivity index (χ1) is 6.17. The van der Waals surface area contributed by atoms with Gasteiger partial charge >= 0.3 is 0 Å². The molecular formula is C13H32O2SiV. The molecule has 0 aromatic rings. The molecule has 17 heavy (non-hydrogen) atoms. The Kier molecular flexibility index (Phi) is 32.7. The summed E-state index contributed by atoms with van der Waals surface area (Å²) in [5.74, 6) is 0.299. The molecule has 0 saturated carbocycles. The molecule has 0 heterocycles. The molecule has 0 bridgehead atoms. The van der Waals surface area contributed by atoms with E-state index in [-0.39, 0.29) is 52.7 Å². The van der Waals surface area contributed by atoms with Crippen LogP contribution in [-0.2, 0) is 27.8 Å². The molecule has 0 fully saturated rings. The van der Waals surface area contributed by atoms with Gasteiger partial charge < -0.3 is 4.43 Å². The fourth-order valence-electron chi connectivity index (χ4n) is 1.45. The summed E-state index contributed by atoms with van der Waals surface area (Å²) in [6.07, 6.45) is 6.28. The Morgan fingerprint density at radius 2 is 1.82 bits per heavy atom. The van der Waals surface area contributed by atoms with Gasteiger partial charge in [0.2, 0.25) is 10.5 Å². The monoisotopic (exact) mass is 299 g/mol.